The van der Waals surface area contributed by atoms with E-state index in [1.54, 1.807) is 0 Å². The zero-order valence-electron chi connectivity index (χ0n) is 16.4. The average molecular weight is 377 g/mol. The van der Waals surface area contributed by atoms with Gasteiger partial charge in [-0.25, -0.2) is 0 Å². The molecule has 8 nitrogen and oxygen atoms in total. The molecule has 3 aliphatic rings. The fraction of sp³-hybridized carbons (Fsp3) is 0.842. The zero-order valence-corrected chi connectivity index (χ0v) is 16.4. The van der Waals surface area contributed by atoms with E-state index in [2.05, 4.69) is 14.7 Å². The molecule has 1 aromatic rings. The molecule has 2 N–H and O–H groups in total. The lowest BCUT2D eigenvalue weighted by Gasteiger charge is -2.34. The normalized spacial score (nSPS) is 22.3. The number of piperidine rings is 2. The van der Waals surface area contributed by atoms with Gasteiger partial charge in [-0.2, -0.15) is 15.0 Å². The van der Waals surface area contributed by atoms with E-state index in [1.165, 1.54) is 43.4 Å². The first-order valence-electron chi connectivity index (χ1n) is 10.8. The van der Waals surface area contributed by atoms with Crippen molar-refractivity contribution in [2.75, 3.05) is 80.2 Å². The van der Waals surface area contributed by atoms with E-state index in [1.807, 2.05) is 0 Å². The third-order valence-corrected chi connectivity index (χ3v) is 6.10. The summed E-state index contributed by atoms with van der Waals surface area (Å²) >= 11 is 0. The van der Waals surface area contributed by atoms with Gasteiger partial charge in [0.2, 0.25) is 17.8 Å². The summed E-state index contributed by atoms with van der Waals surface area (Å²) < 4.78 is 0. The maximum atomic E-state index is 9.18. The summed E-state index contributed by atoms with van der Waals surface area (Å²) in [7, 11) is 0. The van der Waals surface area contributed by atoms with Gasteiger partial charge >= 0.3 is 0 Å². The summed E-state index contributed by atoms with van der Waals surface area (Å²) in [5, 5.41) is 9.18. The van der Waals surface area contributed by atoms with Crippen molar-refractivity contribution in [3.63, 3.8) is 0 Å². The lowest BCUT2D eigenvalue weighted by Crippen LogP contribution is -3.15. The lowest BCUT2D eigenvalue weighted by molar-refractivity contribution is -0.900. The Morgan fingerprint density at radius 2 is 1.04 bits per heavy atom. The molecular weight excluding hydrogens is 342 g/mol. The molecule has 3 aliphatic heterocycles. The van der Waals surface area contributed by atoms with Crippen molar-refractivity contribution < 1.29 is 10.0 Å². The first-order valence-corrected chi connectivity index (χ1v) is 10.8. The minimum absolute atomic E-state index is 0.263. The predicted octanol–water partition coefficient (Wildman–Crippen LogP) is -0.451. The highest BCUT2D eigenvalue weighted by molar-refractivity contribution is 5.47. The number of hydrogen-bond donors (Lipinski definition) is 2. The van der Waals surface area contributed by atoms with Crippen LogP contribution in [0.25, 0.3) is 0 Å². The molecule has 27 heavy (non-hydrogen) atoms. The average Bonchev–Trinajstić information content (AvgIpc) is 2.75. The van der Waals surface area contributed by atoms with E-state index >= 15 is 0 Å². The Morgan fingerprint density at radius 1 is 0.630 bits per heavy atom. The molecule has 4 heterocycles. The summed E-state index contributed by atoms with van der Waals surface area (Å²) in [6.07, 6.45) is 7.52. The standard InChI is InChI=1S/C19H33N7O/c27-16-15-23-11-13-26(14-12-23)19-21-17(24-7-3-1-4-8-24)20-18(22-19)25-9-5-2-6-10-25/h27H,1-16H2/p+1. The van der Waals surface area contributed by atoms with E-state index in [0.717, 1.165) is 76.7 Å². The van der Waals surface area contributed by atoms with Crippen molar-refractivity contribution in [1.29, 1.82) is 0 Å². The maximum absolute atomic E-state index is 9.18. The first kappa shape index (κ1) is 18.7. The van der Waals surface area contributed by atoms with E-state index in [9.17, 15) is 5.11 Å². The molecule has 0 bridgehead atoms. The Bertz CT molecular complexity index is 557. The molecule has 3 saturated heterocycles. The number of nitrogens with one attached hydrogen (secondary N) is 1. The van der Waals surface area contributed by atoms with Crippen LogP contribution in [0, 0.1) is 0 Å². The van der Waals surface area contributed by atoms with Gasteiger partial charge < -0.3 is 24.7 Å². The van der Waals surface area contributed by atoms with Gasteiger partial charge in [-0.3, -0.25) is 0 Å². The lowest BCUT2D eigenvalue weighted by atomic mass is 10.1. The molecule has 0 aromatic carbocycles. The van der Waals surface area contributed by atoms with Crippen molar-refractivity contribution >= 4 is 17.8 Å². The van der Waals surface area contributed by atoms with Crippen LogP contribution in [-0.2, 0) is 0 Å². The molecule has 0 spiro atoms. The van der Waals surface area contributed by atoms with Crippen molar-refractivity contribution in [1.82, 2.24) is 15.0 Å². The number of piperazine rings is 1. The van der Waals surface area contributed by atoms with Crippen LogP contribution in [-0.4, -0.2) is 85.6 Å². The number of quaternary nitrogens is 1. The summed E-state index contributed by atoms with van der Waals surface area (Å²) in [5.41, 5.74) is 0. The molecule has 3 fully saturated rings. The smallest absolute Gasteiger partial charge is 0.232 e. The van der Waals surface area contributed by atoms with Gasteiger partial charge in [-0.1, -0.05) is 0 Å². The monoisotopic (exact) mass is 376 g/mol. The van der Waals surface area contributed by atoms with Crippen molar-refractivity contribution in [2.24, 2.45) is 0 Å². The Labute approximate surface area is 162 Å². The van der Waals surface area contributed by atoms with Crippen molar-refractivity contribution in [3.8, 4) is 0 Å². The topological polar surface area (TPSA) is 73.1 Å². The molecule has 150 valence electrons. The molecular formula is C19H34N7O+. The van der Waals surface area contributed by atoms with Crippen molar-refractivity contribution in [3.05, 3.63) is 0 Å². The molecule has 0 amide bonds. The zero-order chi connectivity index (χ0) is 18.5. The number of anilines is 3. The molecule has 0 aliphatic carbocycles. The number of aromatic nitrogens is 3. The molecule has 0 unspecified atom stereocenters. The molecule has 1 aromatic heterocycles. The van der Waals surface area contributed by atoms with Crippen LogP contribution in [0.3, 0.4) is 0 Å². The number of aliphatic hydroxyl groups excluding tert-OH is 1. The summed E-state index contributed by atoms with van der Waals surface area (Å²) in [6, 6.07) is 0. The van der Waals surface area contributed by atoms with Crippen LogP contribution < -0.4 is 19.6 Å². The van der Waals surface area contributed by atoms with Crippen LogP contribution in [0.15, 0.2) is 0 Å². The van der Waals surface area contributed by atoms with Gasteiger partial charge in [0, 0.05) is 26.2 Å². The maximum Gasteiger partial charge on any atom is 0.232 e. The largest absolute Gasteiger partial charge is 0.391 e. The Kier molecular flexibility index (Phi) is 6.24. The number of aliphatic hydroxyl groups is 1. The SMILES string of the molecule is OCC[NH+]1CCN(c2nc(N3CCCCC3)nc(N3CCCCC3)n2)CC1. The quantitative estimate of drug-likeness (QED) is 0.721. The highest BCUT2D eigenvalue weighted by atomic mass is 16.3. The second-order valence-corrected chi connectivity index (χ2v) is 8.04. The van der Waals surface area contributed by atoms with Crippen molar-refractivity contribution in [2.45, 2.75) is 38.5 Å². The van der Waals surface area contributed by atoms with Crippen LogP contribution in [0.5, 0.6) is 0 Å². The first-order chi connectivity index (χ1) is 13.3. The third-order valence-electron chi connectivity index (χ3n) is 6.10. The van der Waals surface area contributed by atoms with E-state index < -0.39 is 0 Å². The summed E-state index contributed by atoms with van der Waals surface area (Å²) in [5.74, 6) is 2.57. The van der Waals surface area contributed by atoms with Gasteiger partial charge in [0.1, 0.15) is 6.54 Å². The number of hydrogen-bond acceptors (Lipinski definition) is 7. The van der Waals surface area contributed by atoms with Gasteiger partial charge in [0.15, 0.2) is 0 Å². The van der Waals surface area contributed by atoms with Crippen LogP contribution in [0.1, 0.15) is 38.5 Å². The molecule has 0 saturated carbocycles. The summed E-state index contributed by atoms with van der Waals surface area (Å²) in [6.45, 7) is 9.26. The van der Waals surface area contributed by atoms with Crippen LogP contribution in [0.2, 0.25) is 0 Å². The Morgan fingerprint density at radius 3 is 1.44 bits per heavy atom. The number of nitrogens with zero attached hydrogens (tertiary/aromatic N) is 6. The molecule has 0 radical (unpaired) electrons. The second kappa shape index (κ2) is 9.01. The predicted molar refractivity (Wildman–Crippen MR) is 107 cm³/mol. The van der Waals surface area contributed by atoms with Crippen LogP contribution >= 0.6 is 0 Å². The van der Waals surface area contributed by atoms with E-state index in [0.29, 0.717) is 0 Å². The van der Waals surface area contributed by atoms with Gasteiger partial charge in [0.25, 0.3) is 0 Å². The fourth-order valence-corrected chi connectivity index (χ4v) is 4.39. The summed E-state index contributed by atoms with van der Waals surface area (Å²) in [4.78, 5) is 23.1. The number of rotatable bonds is 5. The van der Waals surface area contributed by atoms with Gasteiger partial charge in [-0.15, -0.1) is 0 Å². The minimum atomic E-state index is 0.263. The van der Waals surface area contributed by atoms with E-state index in [-0.39, 0.29) is 6.61 Å². The third kappa shape index (κ3) is 4.60. The Hall–Kier alpha value is -1.67. The molecule has 8 heteroatoms. The van der Waals surface area contributed by atoms with Crippen LogP contribution in [0.4, 0.5) is 17.8 Å². The molecule has 4 rings (SSSR count). The highest BCUT2D eigenvalue weighted by Gasteiger charge is 2.25. The Balaban J connectivity index is 1.55. The highest BCUT2D eigenvalue weighted by Crippen LogP contribution is 2.23. The fourth-order valence-electron chi connectivity index (χ4n) is 4.39. The van der Waals surface area contributed by atoms with E-state index in [4.69, 9.17) is 15.0 Å². The molecule has 0 atom stereocenters. The van der Waals surface area contributed by atoms with Gasteiger partial charge in [-0.05, 0) is 38.5 Å². The minimum Gasteiger partial charge on any atom is -0.391 e. The van der Waals surface area contributed by atoms with Gasteiger partial charge in [0.05, 0.1) is 32.8 Å². The second-order valence-electron chi connectivity index (χ2n) is 8.04.